The van der Waals surface area contributed by atoms with E-state index in [0.717, 1.165) is 5.56 Å². The number of nitrogens with zero attached hydrogens (tertiary/aromatic N) is 1. The third kappa shape index (κ3) is 4.89. The minimum atomic E-state index is -0.712. The largest absolute Gasteiger partial charge is 0.459 e. The predicted octanol–water partition coefficient (Wildman–Crippen LogP) is 2.27. The number of carbonyl (C=O) groups is 2. The summed E-state index contributed by atoms with van der Waals surface area (Å²) in [6.45, 7) is 3.06. The van der Waals surface area contributed by atoms with Crippen molar-refractivity contribution in [2.24, 2.45) is 5.10 Å². The zero-order chi connectivity index (χ0) is 15.1. The fourth-order valence-corrected chi connectivity index (χ4v) is 1.45. The van der Waals surface area contributed by atoms with Gasteiger partial charge < -0.3 is 9.47 Å². The Morgan fingerprint density at radius 1 is 1.40 bits per heavy atom. The Morgan fingerprint density at radius 2 is 2.10 bits per heavy atom. The first kappa shape index (κ1) is 16.0. The summed E-state index contributed by atoms with van der Waals surface area (Å²) in [6.07, 6.45) is -0.712. The van der Waals surface area contributed by atoms with Gasteiger partial charge in [0.25, 0.3) is 0 Å². The van der Waals surface area contributed by atoms with E-state index in [0.29, 0.717) is 16.3 Å². The van der Waals surface area contributed by atoms with Crippen molar-refractivity contribution in [2.75, 3.05) is 13.7 Å². The molecule has 0 aliphatic carbocycles. The number of halogens is 1. The number of methoxy groups -OCH3 is 1. The Bertz CT molecular complexity index is 543. The number of carbonyl (C=O) groups excluding carboxylic acids is 2. The number of aryl methyl sites for hydroxylation is 1. The van der Waals surface area contributed by atoms with Crippen LogP contribution < -0.4 is 5.43 Å². The van der Waals surface area contributed by atoms with Crippen LogP contribution in [0.15, 0.2) is 23.3 Å². The van der Waals surface area contributed by atoms with Gasteiger partial charge in [-0.2, -0.15) is 5.10 Å². The number of benzene rings is 1. The van der Waals surface area contributed by atoms with Gasteiger partial charge in [0.05, 0.1) is 7.11 Å². The minimum absolute atomic E-state index is 0.0690. The van der Waals surface area contributed by atoms with Crippen LogP contribution in [0.4, 0.5) is 4.79 Å². The average Bonchev–Trinajstić information content (AvgIpc) is 2.41. The summed E-state index contributed by atoms with van der Waals surface area (Å²) in [5, 5.41) is 4.49. The number of hydrazone groups is 1. The first-order valence-corrected chi connectivity index (χ1v) is 6.12. The second-order valence-electron chi connectivity index (χ2n) is 3.91. The molecule has 0 heterocycles. The van der Waals surface area contributed by atoms with Gasteiger partial charge in [0.2, 0.25) is 0 Å². The molecule has 1 rings (SSSR count). The molecule has 0 aliphatic heterocycles. The van der Waals surface area contributed by atoms with Crippen LogP contribution in [0, 0.1) is 6.92 Å². The van der Waals surface area contributed by atoms with Gasteiger partial charge in [-0.25, -0.2) is 10.2 Å². The second-order valence-corrected chi connectivity index (χ2v) is 4.31. The number of hydrogen-bond donors (Lipinski definition) is 1. The maximum atomic E-state index is 11.0. The van der Waals surface area contributed by atoms with Gasteiger partial charge in [0.15, 0.2) is 0 Å². The molecule has 0 aromatic heterocycles. The Morgan fingerprint density at radius 3 is 2.65 bits per heavy atom. The van der Waals surface area contributed by atoms with Gasteiger partial charge >= 0.3 is 12.1 Å². The van der Waals surface area contributed by atoms with E-state index >= 15 is 0 Å². The lowest BCUT2D eigenvalue weighted by Gasteiger charge is -2.09. The van der Waals surface area contributed by atoms with Crippen molar-refractivity contribution in [1.29, 1.82) is 0 Å². The number of ether oxygens (including phenoxy) is 2. The van der Waals surface area contributed by atoms with Crippen LogP contribution in [-0.4, -0.2) is 31.5 Å². The molecule has 0 spiro atoms. The van der Waals surface area contributed by atoms with Gasteiger partial charge in [0.1, 0.15) is 12.3 Å². The van der Waals surface area contributed by atoms with Gasteiger partial charge in [-0.3, -0.25) is 4.79 Å². The van der Waals surface area contributed by atoms with Crippen molar-refractivity contribution in [3.63, 3.8) is 0 Å². The maximum Gasteiger partial charge on any atom is 0.427 e. The summed E-state index contributed by atoms with van der Waals surface area (Å²) in [4.78, 5) is 21.9. The van der Waals surface area contributed by atoms with E-state index < -0.39 is 12.1 Å². The molecule has 0 unspecified atom stereocenters. The van der Waals surface area contributed by atoms with Gasteiger partial charge in [-0.05, 0) is 24.6 Å². The molecule has 0 bridgehead atoms. The molecule has 1 aromatic rings. The lowest BCUT2D eigenvalue weighted by atomic mass is 10.1. The van der Waals surface area contributed by atoms with Crippen molar-refractivity contribution >= 4 is 29.4 Å². The molecule has 1 aromatic carbocycles. The van der Waals surface area contributed by atoms with E-state index in [4.69, 9.17) is 16.3 Å². The number of amides is 1. The van der Waals surface area contributed by atoms with Gasteiger partial charge in [-0.1, -0.05) is 17.7 Å². The van der Waals surface area contributed by atoms with Crippen molar-refractivity contribution in [3.8, 4) is 0 Å². The monoisotopic (exact) mass is 298 g/mol. The third-order valence-corrected chi connectivity index (χ3v) is 2.79. The molecular formula is C13H15ClN2O4. The van der Waals surface area contributed by atoms with Crippen LogP contribution in [-0.2, 0) is 14.3 Å². The topological polar surface area (TPSA) is 77.0 Å². The standard InChI is InChI=1S/C13H15ClN2O4/c1-8-6-10(4-5-11(8)14)12(7-20-9(2)17)15-16-13(18)19-3/h4-6H,7H2,1-3H3,(H,16,18)/b15-12-. The SMILES string of the molecule is COC(=O)N/N=C(/COC(C)=O)c1ccc(Cl)c(C)c1. The highest BCUT2D eigenvalue weighted by atomic mass is 35.5. The molecule has 20 heavy (non-hydrogen) atoms. The smallest absolute Gasteiger partial charge is 0.427 e. The van der Waals surface area contributed by atoms with Gasteiger partial charge in [-0.15, -0.1) is 0 Å². The fraction of sp³-hybridized carbons (Fsp3) is 0.308. The van der Waals surface area contributed by atoms with Crippen LogP contribution in [0.2, 0.25) is 5.02 Å². The average molecular weight is 299 g/mol. The van der Waals surface area contributed by atoms with E-state index in [1.807, 2.05) is 6.92 Å². The zero-order valence-electron chi connectivity index (χ0n) is 11.4. The molecule has 108 valence electrons. The number of rotatable bonds is 4. The summed E-state index contributed by atoms with van der Waals surface area (Å²) in [5.74, 6) is -0.443. The van der Waals surface area contributed by atoms with Crippen LogP contribution in [0.5, 0.6) is 0 Å². The maximum absolute atomic E-state index is 11.0. The Kier molecular flexibility index (Phi) is 5.99. The molecule has 0 saturated heterocycles. The van der Waals surface area contributed by atoms with Gasteiger partial charge in [0, 0.05) is 17.5 Å². The summed E-state index contributed by atoms with van der Waals surface area (Å²) in [7, 11) is 1.23. The summed E-state index contributed by atoms with van der Waals surface area (Å²) in [6, 6.07) is 5.20. The minimum Gasteiger partial charge on any atom is -0.459 e. The second kappa shape index (κ2) is 7.49. The molecule has 0 aliphatic rings. The highest BCUT2D eigenvalue weighted by Gasteiger charge is 2.09. The van der Waals surface area contributed by atoms with Crippen molar-refractivity contribution in [2.45, 2.75) is 13.8 Å². The van der Waals surface area contributed by atoms with Crippen LogP contribution >= 0.6 is 11.6 Å². The molecule has 0 saturated carbocycles. The van der Waals surface area contributed by atoms with E-state index in [-0.39, 0.29) is 6.61 Å². The Labute approximate surface area is 121 Å². The van der Waals surface area contributed by atoms with E-state index in [9.17, 15) is 9.59 Å². The Hall–Kier alpha value is -2.08. The number of nitrogens with one attached hydrogen (secondary N) is 1. The van der Waals surface area contributed by atoms with Crippen molar-refractivity contribution in [1.82, 2.24) is 5.43 Å². The molecule has 1 N–H and O–H groups in total. The Balaban J connectivity index is 2.98. The van der Waals surface area contributed by atoms with Crippen LogP contribution in [0.3, 0.4) is 0 Å². The van der Waals surface area contributed by atoms with E-state index in [2.05, 4.69) is 15.3 Å². The molecular weight excluding hydrogens is 284 g/mol. The summed E-state index contributed by atoms with van der Waals surface area (Å²) < 4.78 is 9.32. The highest BCUT2D eigenvalue weighted by Crippen LogP contribution is 2.17. The highest BCUT2D eigenvalue weighted by molar-refractivity contribution is 6.31. The molecule has 7 heteroatoms. The first-order chi connectivity index (χ1) is 9.43. The molecule has 0 atom stereocenters. The predicted molar refractivity (Wildman–Crippen MR) is 74.9 cm³/mol. The third-order valence-electron chi connectivity index (χ3n) is 2.37. The number of hydrogen-bond acceptors (Lipinski definition) is 5. The lowest BCUT2D eigenvalue weighted by molar-refractivity contribution is -0.139. The molecule has 1 amide bonds. The van der Waals surface area contributed by atoms with Crippen LogP contribution in [0.25, 0.3) is 0 Å². The molecule has 0 radical (unpaired) electrons. The quantitative estimate of drug-likeness (QED) is 0.525. The lowest BCUT2D eigenvalue weighted by Crippen LogP contribution is -2.22. The normalized spacial score (nSPS) is 10.9. The summed E-state index contributed by atoms with van der Waals surface area (Å²) in [5.41, 5.74) is 4.10. The first-order valence-electron chi connectivity index (χ1n) is 5.74. The van der Waals surface area contributed by atoms with E-state index in [1.54, 1.807) is 18.2 Å². The van der Waals surface area contributed by atoms with Crippen LogP contribution in [0.1, 0.15) is 18.1 Å². The number of esters is 1. The molecule has 0 fully saturated rings. The van der Waals surface area contributed by atoms with Crippen molar-refractivity contribution < 1.29 is 19.1 Å². The zero-order valence-corrected chi connectivity index (χ0v) is 12.2. The fourth-order valence-electron chi connectivity index (χ4n) is 1.33. The molecule has 6 nitrogen and oxygen atoms in total. The summed E-state index contributed by atoms with van der Waals surface area (Å²) >= 11 is 5.95. The van der Waals surface area contributed by atoms with Crippen molar-refractivity contribution in [3.05, 3.63) is 34.3 Å². The van der Waals surface area contributed by atoms with E-state index in [1.165, 1.54) is 14.0 Å².